The van der Waals surface area contributed by atoms with Crippen LogP contribution in [0.1, 0.15) is 35.7 Å². The number of hydrogen-bond donors (Lipinski definition) is 2. The number of carbonyl (C=O) groups is 1. The Balaban J connectivity index is 1.83. The number of hydrogen-bond acceptors (Lipinski definition) is 3. The van der Waals surface area contributed by atoms with Gasteiger partial charge in [0.1, 0.15) is 0 Å². The van der Waals surface area contributed by atoms with Gasteiger partial charge in [-0.15, -0.1) is 0 Å². The first-order valence-corrected chi connectivity index (χ1v) is 7.51. The average Bonchev–Trinajstić information content (AvgIpc) is 2.47. The molecule has 1 saturated heterocycles. The largest absolute Gasteiger partial charge is 0.366 e. The molecule has 0 bridgehead atoms. The predicted octanol–water partition coefficient (Wildman–Crippen LogP) is 1.61. The summed E-state index contributed by atoms with van der Waals surface area (Å²) in [7, 11) is 0. The van der Waals surface area contributed by atoms with E-state index in [4.69, 9.17) is 5.73 Å². The zero-order chi connectivity index (χ0) is 14.4. The van der Waals surface area contributed by atoms with Gasteiger partial charge in [0.05, 0.1) is 0 Å². The second-order valence-corrected chi connectivity index (χ2v) is 5.59. The number of benzene rings is 1. The fourth-order valence-electron chi connectivity index (χ4n) is 2.78. The van der Waals surface area contributed by atoms with Gasteiger partial charge in [0.15, 0.2) is 0 Å². The molecule has 1 heterocycles. The maximum absolute atomic E-state index is 11.2. The summed E-state index contributed by atoms with van der Waals surface area (Å²) in [5, 5.41) is 3.43. The van der Waals surface area contributed by atoms with Crippen LogP contribution in [0, 0.1) is 5.92 Å². The van der Waals surface area contributed by atoms with Gasteiger partial charge in [-0.1, -0.05) is 19.1 Å². The first-order valence-electron chi connectivity index (χ1n) is 7.51. The molecule has 0 atom stereocenters. The fourth-order valence-corrected chi connectivity index (χ4v) is 2.78. The molecule has 1 fully saturated rings. The molecule has 110 valence electrons. The molecule has 1 aliphatic rings. The summed E-state index contributed by atoms with van der Waals surface area (Å²) < 4.78 is 0. The number of nitrogens with two attached hydrogens (primary N) is 1. The number of piperidine rings is 1. The van der Waals surface area contributed by atoms with Gasteiger partial charge in [-0.2, -0.15) is 0 Å². The maximum atomic E-state index is 11.2. The molecule has 3 N–H and O–H groups in total. The van der Waals surface area contributed by atoms with E-state index in [0.717, 1.165) is 38.6 Å². The second-order valence-electron chi connectivity index (χ2n) is 5.59. The molecule has 4 heteroatoms. The molecule has 0 spiro atoms. The van der Waals surface area contributed by atoms with Gasteiger partial charge in [0, 0.05) is 12.1 Å². The summed E-state index contributed by atoms with van der Waals surface area (Å²) in [6, 6.07) is 7.66. The smallest absolute Gasteiger partial charge is 0.248 e. The highest BCUT2D eigenvalue weighted by atomic mass is 16.1. The number of carbonyl (C=O) groups excluding carboxylic acids is 1. The third-order valence-corrected chi connectivity index (χ3v) is 4.01. The van der Waals surface area contributed by atoms with Gasteiger partial charge < -0.3 is 11.1 Å². The monoisotopic (exact) mass is 275 g/mol. The van der Waals surface area contributed by atoms with Crippen LogP contribution in [-0.2, 0) is 6.54 Å². The van der Waals surface area contributed by atoms with Crippen molar-refractivity contribution in [3.8, 4) is 0 Å². The van der Waals surface area contributed by atoms with E-state index in [1.807, 2.05) is 12.1 Å². The summed E-state index contributed by atoms with van der Waals surface area (Å²) >= 11 is 0. The normalized spacial score (nSPS) is 17.2. The molecule has 4 nitrogen and oxygen atoms in total. The van der Waals surface area contributed by atoms with Crippen molar-refractivity contribution in [3.63, 3.8) is 0 Å². The molecule has 1 aromatic carbocycles. The van der Waals surface area contributed by atoms with Crippen LogP contribution in [0.25, 0.3) is 0 Å². The standard InChI is InChI=1S/C16H25N3O/c1-2-18-11-13-6-8-19(9-7-13)12-14-4-3-5-15(10-14)16(17)20/h3-5,10,13,18H,2,6-9,11-12H2,1H3,(H2,17,20). The zero-order valence-electron chi connectivity index (χ0n) is 12.3. The van der Waals surface area contributed by atoms with E-state index in [9.17, 15) is 4.79 Å². The number of rotatable bonds is 6. The molecular weight excluding hydrogens is 250 g/mol. The minimum atomic E-state index is -0.351. The van der Waals surface area contributed by atoms with E-state index < -0.39 is 0 Å². The molecule has 1 aliphatic heterocycles. The van der Waals surface area contributed by atoms with Crippen LogP contribution in [0.4, 0.5) is 0 Å². The van der Waals surface area contributed by atoms with Crippen molar-refractivity contribution in [2.45, 2.75) is 26.3 Å². The van der Waals surface area contributed by atoms with Gasteiger partial charge in [-0.05, 0) is 62.6 Å². The van der Waals surface area contributed by atoms with Gasteiger partial charge in [-0.3, -0.25) is 9.69 Å². The number of nitrogens with one attached hydrogen (secondary N) is 1. The molecule has 2 rings (SSSR count). The highest BCUT2D eigenvalue weighted by Gasteiger charge is 2.18. The zero-order valence-corrected chi connectivity index (χ0v) is 12.3. The Morgan fingerprint density at radius 3 is 2.80 bits per heavy atom. The van der Waals surface area contributed by atoms with E-state index in [-0.39, 0.29) is 5.91 Å². The minimum Gasteiger partial charge on any atom is -0.366 e. The van der Waals surface area contributed by atoms with Crippen molar-refractivity contribution in [2.24, 2.45) is 11.7 Å². The highest BCUT2D eigenvalue weighted by molar-refractivity contribution is 5.92. The summed E-state index contributed by atoms with van der Waals surface area (Å²) in [5.74, 6) is 0.458. The first-order chi connectivity index (χ1) is 9.69. The molecule has 0 radical (unpaired) electrons. The lowest BCUT2D eigenvalue weighted by Gasteiger charge is -2.32. The Bertz CT molecular complexity index is 439. The molecular formula is C16H25N3O. The number of amides is 1. The molecule has 1 aromatic rings. The lowest BCUT2D eigenvalue weighted by Crippen LogP contribution is -2.36. The van der Waals surface area contributed by atoms with Crippen LogP contribution in [0.3, 0.4) is 0 Å². The minimum absolute atomic E-state index is 0.351. The van der Waals surface area contributed by atoms with Crippen molar-refractivity contribution in [3.05, 3.63) is 35.4 Å². The first kappa shape index (κ1) is 15.0. The van der Waals surface area contributed by atoms with Crippen molar-refractivity contribution in [1.82, 2.24) is 10.2 Å². The number of likely N-dealkylation sites (tertiary alicyclic amines) is 1. The fraction of sp³-hybridized carbons (Fsp3) is 0.562. The molecule has 0 aliphatic carbocycles. The van der Waals surface area contributed by atoms with Gasteiger partial charge in [-0.25, -0.2) is 0 Å². The Hall–Kier alpha value is -1.39. The molecule has 1 amide bonds. The van der Waals surface area contributed by atoms with Crippen molar-refractivity contribution in [2.75, 3.05) is 26.2 Å². The van der Waals surface area contributed by atoms with E-state index in [0.29, 0.717) is 5.56 Å². The third kappa shape index (κ3) is 4.32. The SMILES string of the molecule is CCNCC1CCN(Cc2cccc(C(N)=O)c2)CC1. The molecule has 0 unspecified atom stereocenters. The summed E-state index contributed by atoms with van der Waals surface area (Å²) in [6.07, 6.45) is 2.50. The second kappa shape index (κ2) is 7.41. The Morgan fingerprint density at radius 2 is 2.15 bits per heavy atom. The molecule has 0 saturated carbocycles. The quantitative estimate of drug-likeness (QED) is 0.829. The van der Waals surface area contributed by atoms with E-state index >= 15 is 0 Å². The van der Waals surface area contributed by atoms with E-state index in [1.54, 1.807) is 6.07 Å². The molecule has 20 heavy (non-hydrogen) atoms. The van der Waals surface area contributed by atoms with Crippen molar-refractivity contribution < 1.29 is 4.79 Å². The van der Waals surface area contributed by atoms with Gasteiger partial charge >= 0.3 is 0 Å². The average molecular weight is 275 g/mol. The number of nitrogens with zero attached hydrogens (tertiary/aromatic N) is 1. The van der Waals surface area contributed by atoms with Crippen LogP contribution < -0.4 is 11.1 Å². The van der Waals surface area contributed by atoms with Crippen LogP contribution in [0.2, 0.25) is 0 Å². The van der Waals surface area contributed by atoms with Crippen LogP contribution in [0.15, 0.2) is 24.3 Å². The van der Waals surface area contributed by atoms with Crippen LogP contribution >= 0.6 is 0 Å². The Labute approximate surface area is 121 Å². The molecule has 0 aromatic heterocycles. The summed E-state index contributed by atoms with van der Waals surface area (Å²) in [6.45, 7) is 7.53. The van der Waals surface area contributed by atoms with Crippen LogP contribution in [0.5, 0.6) is 0 Å². The van der Waals surface area contributed by atoms with E-state index in [2.05, 4.69) is 23.2 Å². The lowest BCUT2D eigenvalue weighted by molar-refractivity contribution is 0.1000. The summed E-state index contributed by atoms with van der Waals surface area (Å²) in [5.41, 5.74) is 7.10. The van der Waals surface area contributed by atoms with Crippen molar-refractivity contribution in [1.29, 1.82) is 0 Å². The predicted molar refractivity (Wildman–Crippen MR) is 81.5 cm³/mol. The Morgan fingerprint density at radius 1 is 1.40 bits per heavy atom. The number of primary amides is 1. The third-order valence-electron chi connectivity index (χ3n) is 4.01. The maximum Gasteiger partial charge on any atom is 0.248 e. The van der Waals surface area contributed by atoms with Crippen molar-refractivity contribution >= 4 is 5.91 Å². The highest BCUT2D eigenvalue weighted by Crippen LogP contribution is 2.18. The van der Waals surface area contributed by atoms with E-state index in [1.165, 1.54) is 18.4 Å². The van der Waals surface area contributed by atoms with Gasteiger partial charge in [0.2, 0.25) is 5.91 Å². The van der Waals surface area contributed by atoms with Gasteiger partial charge in [0.25, 0.3) is 0 Å². The topological polar surface area (TPSA) is 58.4 Å². The summed E-state index contributed by atoms with van der Waals surface area (Å²) in [4.78, 5) is 13.7. The Kier molecular flexibility index (Phi) is 5.56. The van der Waals surface area contributed by atoms with Crippen LogP contribution in [-0.4, -0.2) is 37.0 Å². The lowest BCUT2D eigenvalue weighted by atomic mass is 9.96.